The van der Waals surface area contributed by atoms with Gasteiger partial charge in [-0.2, -0.15) is 5.10 Å². The third-order valence-corrected chi connectivity index (χ3v) is 3.85. The fourth-order valence-electron chi connectivity index (χ4n) is 2.86. The van der Waals surface area contributed by atoms with Crippen LogP contribution in [0, 0.1) is 5.82 Å². The topological polar surface area (TPSA) is 32.7 Å². The summed E-state index contributed by atoms with van der Waals surface area (Å²) in [5, 5.41) is 5.97. The fourth-order valence-corrected chi connectivity index (χ4v) is 2.86. The van der Waals surface area contributed by atoms with Gasteiger partial charge in [-0.05, 0) is 29.3 Å². The number of carbonyl (C=O) groups is 1. The molecule has 2 heterocycles. The zero-order chi connectivity index (χ0) is 13.7. The molecular weight excluding hydrogens is 255 g/mol. The predicted octanol–water partition coefficient (Wildman–Crippen LogP) is 3.13. The Morgan fingerprint density at radius 1 is 1.10 bits per heavy atom. The highest BCUT2D eigenvalue weighted by atomic mass is 19.1. The molecule has 0 spiro atoms. The summed E-state index contributed by atoms with van der Waals surface area (Å²) in [6, 6.07) is 13.8. The van der Waals surface area contributed by atoms with E-state index in [2.05, 4.69) is 5.10 Å². The number of halogens is 1. The van der Waals surface area contributed by atoms with Gasteiger partial charge in [0.1, 0.15) is 5.82 Å². The second-order valence-corrected chi connectivity index (χ2v) is 5.01. The van der Waals surface area contributed by atoms with Crippen LogP contribution in [0.5, 0.6) is 0 Å². The van der Waals surface area contributed by atoms with Crippen molar-refractivity contribution in [2.75, 3.05) is 0 Å². The number of amides is 1. The van der Waals surface area contributed by atoms with Gasteiger partial charge in [0.15, 0.2) is 0 Å². The van der Waals surface area contributed by atoms with Crippen molar-refractivity contribution in [3.05, 3.63) is 71.0 Å². The maximum atomic E-state index is 13.0. The molecule has 2 aliphatic heterocycles. The van der Waals surface area contributed by atoms with Gasteiger partial charge in [0.25, 0.3) is 5.91 Å². The van der Waals surface area contributed by atoms with Crippen molar-refractivity contribution in [1.29, 1.82) is 0 Å². The van der Waals surface area contributed by atoms with E-state index in [1.54, 1.807) is 17.1 Å². The highest BCUT2D eigenvalue weighted by Gasteiger charge is 2.41. The minimum absolute atomic E-state index is 0.0150. The van der Waals surface area contributed by atoms with Gasteiger partial charge in [0, 0.05) is 12.0 Å². The van der Waals surface area contributed by atoms with Gasteiger partial charge in [-0.25, -0.2) is 9.40 Å². The summed E-state index contributed by atoms with van der Waals surface area (Å²) in [6.45, 7) is 0. The van der Waals surface area contributed by atoms with Crippen molar-refractivity contribution >= 4 is 11.6 Å². The maximum absolute atomic E-state index is 13.0. The Balaban J connectivity index is 1.72. The first-order chi connectivity index (χ1) is 9.74. The molecule has 0 fully saturated rings. The summed E-state index contributed by atoms with van der Waals surface area (Å²) >= 11 is 0. The fraction of sp³-hybridized carbons (Fsp3) is 0.125. The molecule has 0 unspecified atom stereocenters. The van der Waals surface area contributed by atoms with Crippen molar-refractivity contribution < 1.29 is 9.18 Å². The van der Waals surface area contributed by atoms with Crippen LogP contribution in [-0.4, -0.2) is 16.6 Å². The highest BCUT2D eigenvalue weighted by molar-refractivity contribution is 6.07. The van der Waals surface area contributed by atoms with E-state index in [1.807, 2.05) is 24.3 Å². The molecule has 2 aromatic carbocycles. The van der Waals surface area contributed by atoms with Crippen LogP contribution < -0.4 is 0 Å². The molecule has 2 aliphatic rings. The molecule has 98 valence electrons. The average molecular weight is 266 g/mol. The average Bonchev–Trinajstić information content (AvgIpc) is 3.01. The van der Waals surface area contributed by atoms with Crippen LogP contribution in [0.1, 0.15) is 33.9 Å². The molecule has 4 rings (SSSR count). The Morgan fingerprint density at radius 2 is 1.85 bits per heavy atom. The Morgan fingerprint density at radius 3 is 2.65 bits per heavy atom. The molecular formula is C16H11FN2O. The number of rotatable bonds is 1. The minimum Gasteiger partial charge on any atom is -0.267 e. The summed E-state index contributed by atoms with van der Waals surface area (Å²) in [6.07, 6.45) is 0.675. The smallest absolute Gasteiger partial charge is 0.267 e. The molecule has 0 saturated heterocycles. The second kappa shape index (κ2) is 4.00. The third kappa shape index (κ3) is 1.51. The molecule has 1 atom stereocenters. The Bertz CT molecular complexity index is 736. The van der Waals surface area contributed by atoms with E-state index >= 15 is 0 Å². The Labute approximate surface area is 115 Å². The third-order valence-electron chi connectivity index (χ3n) is 3.85. The largest absolute Gasteiger partial charge is 0.274 e. The summed E-state index contributed by atoms with van der Waals surface area (Å²) in [7, 11) is 0. The van der Waals surface area contributed by atoms with Gasteiger partial charge >= 0.3 is 0 Å². The van der Waals surface area contributed by atoms with Gasteiger partial charge in [-0.3, -0.25) is 4.79 Å². The molecule has 0 N–H and O–H groups in total. The number of fused-ring (bicyclic) bond motifs is 3. The van der Waals surface area contributed by atoms with Crippen LogP contribution >= 0.6 is 0 Å². The lowest BCUT2D eigenvalue weighted by Gasteiger charge is -2.10. The Kier molecular flexibility index (Phi) is 2.27. The van der Waals surface area contributed by atoms with Crippen molar-refractivity contribution in [1.82, 2.24) is 5.01 Å². The number of hydrogen-bond donors (Lipinski definition) is 0. The molecule has 0 radical (unpaired) electrons. The Hall–Kier alpha value is -2.49. The number of benzene rings is 2. The van der Waals surface area contributed by atoms with Crippen LogP contribution in [0.3, 0.4) is 0 Å². The van der Waals surface area contributed by atoms with Crippen LogP contribution in [0.15, 0.2) is 53.6 Å². The maximum Gasteiger partial charge on any atom is 0.274 e. The van der Waals surface area contributed by atoms with Crippen molar-refractivity contribution in [2.45, 2.75) is 12.5 Å². The molecule has 0 bridgehead atoms. The molecule has 20 heavy (non-hydrogen) atoms. The van der Waals surface area contributed by atoms with Gasteiger partial charge < -0.3 is 0 Å². The molecule has 2 aromatic rings. The van der Waals surface area contributed by atoms with E-state index in [4.69, 9.17) is 0 Å². The second-order valence-electron chi connectivity index (χ2n) is 5.01. The molecule has 3 nitrogen and oxygen atoms in total. The minimum atomic E-state index is -0.269. The van der Waals surface area contributed by atoms with Gasteiger partial charge in [-0.1, -0.05) is 30.3 Å². The SMILES string of the molecule is O=C1c2ccccc2[C@@H]2CC(c3ccc(F)cc3)=NN12. The highest BCUT2D eigenvalue weighted by Crippen LogP contribution is 2.40. The van der Waals surface area contributed by atoms with Crippen molar-refractivity contribution in [2.24, 2.45) is 5.10 Å². The number of hydrazone groups is 1. The van der Waals surface area contributed by atoms with E-state index in [1.165, 1.54) is 12.1 Å². The summed E-state index contributed by atoms with van der Waals surface area (Å²) in [4.78, 5) is 12.3. The summed E-state index contributed by atoms with van der Waals surface area (Å²) in [5.74, 6) is -0.322. The molecule has 1 amide bonds. The van der Waals surface area contributed by atoms with E-state index < -0.39 is 0 Å². The predicted molar refractivity (Wildman–Crippen MR) is 72.9 cm³/mol. The number of carbonyl (C=O) groups excluding carboxylic acids is 1. The van der Waals surface area contributed by atoms with Crippen molar-refractivity contribution in [3.63, 3.8) is 0 Å². The zero-order valence-corrected chi connectivity index (χ0v) is 10.6. The zero-order valence-electron chi connectivity index (χ0n) is 10.6. The first-order valence-corrected chi connectivity index (χ1v) is 6.50. The lowest BCUT2D eigenvalue weighted by Crippen LogP contribution is -2.17. The van der Waals surface area contributed by atoms with Crippen LogP contribution in [0.2, 0.25) is 0 Å². The lowest BCUT2D eigenvalue weighted by molar-refractivity contribution is 0.0756. The van der Waals surface area contributed by atoms with E-state index in [0.29, 0.717) is 6.42 Å². The summed E-state index contributed by atoms with van der Waals surface area (Å²) in [5.41, 5.74) is 3.46. The molecule has 0 aromatic heterocycles. The van der Waals surface area contributed by atoms with E-state index in [9.17, 15) is 9.18 Å². The first-order valence-electron chi connectivity index (χ1n) is 6.50. The summed E-state index contributed by atoms with van der Waals surface area (Å²) < 4.78 is 13.0. The van der Waals surface area contributed by atoms with Gasteiger partial charge in [0.05, 0.1) is 11.8 Å². The number of nitrogens with zero attached hydrogens (tertiary/aromatic N) is 2. The van der Waals surface area contributed by atoms with Crippen LogP contribution in [-0.2, 0) is 0 Å². The monoisotopic (exact) mass is 266 g/mol. The first kappa shape index (κ1) is 11.3. The number of hydrogen-bond acceptors (Lipinski definition) is 2. The van der Waals surface area contributed by atoms with Crippen LogP contribution in [0.25, 0.3) is 0 Å². The van der Waals surface area contributed by atoms with Gasteiger partial charge in [0.2, 0.25) is 0 Å². The van der Waals surface area contributed by atoms with E-state index in [0.717, 1.165) is 22.4 Å². The lowest BCUT2D eigenvalue weighted by atomic mass is 9.98. The normalized spacial score (nSPS) is 19.9. The quantitative estimate of drug-likeness (QED) is 0.780. The van der Waals surface area contributed by atoms with Crippen LogP contribution in [0.4, 0.5) is 4.39 Å². The molecule has 0 aliphatic carbocycles. The standard InChI is InChI=1S/C16H11FN2O/c17-11-7-5-10(6-8-11)14-9-15-12-3-1-2-4-13(12)16(20)19(15)18-14/h1-8,15H,9H2/t15-/m0/s1. The molecule has 0 saturated carbocycles. The van der Waals surface area contributed by atoms with E-state index in [-0.39, 0.29) is 17.8 Å². The molecule has 4 heteroatoms. The van der Waals surface area contributed by atoms with Crippen molar-refractivity contribution in [3.8, 4) is 0 Å². The van der Waals surface area contributed by atoms with Gasteiger partial charge in [-0.15, -0.1) is 0 Å².